The molecule has 0 radical (unpaired) electrons. The Morgan fingerprint density at radius 2 is 1.70 bits per heavy atom. The van der Waals surface area contributed by atoms with Gasteiger partial charge in [0, 0.05) is 29.7 Å². The van der Waals surface area contributed by atoms with Crippen molar-refractivity contribution >= 4 is 38.2 Å². The number of anilines is 1. The van der Waals surface area contributed by atoms with Gasteiger partial charge in [0.15, 0.2) is 0 Å². The van der Waals surface area contributed by atoms with Crippen LogP contribution in [-0.4, -0.2) is 18.1 Å². The Kier molecular flexibility index (Phi) is 5.16. The number of thiazole rings is 1. The number of benzene rings is 2. The van der Waals surface area contributed by atoms with Crippen LogP contribution in [-0.2, 0) is 10.8 Å². The van der Waals surface area contributed by atoms with Gasteiger partial charge in [-0.25, -0.2) is 9.78 Å². The summed E-state index contributed by atoms with van der Waals surface area (Å²) in [7, 11) is 0. The maximum absolute atomic E-state index is 13.2. The molecule has 0 fully saturated rings. The zero-order chi connectivity index (χ0) is 23.5. The molecule has 2 aromatic heterocycles. The molecule has 4 heterocycles. The average Bonchev–Trinajstić information content (AvgIpc) is 3.22. The molecule has 0 unspecified atom stereocenters. The van der Waals surface area contributed by atoms with E-state index >= 15 is 0 Å². The molecule has 0 saturated carbocycles. The maximum Gasteiger partial charge on any atom is 0.346 e. The first-order valence-electron chi connectivity index (χ1n) is 12.0. The second-order valence-electron chi connectivity index (χ2n) is 10.3. The van der Waals surface area contributed by atoms with Gasteiger partial charge in [0.25, 0.3) is 0 Å². The molecule has 0 amide bonds. The first-order chi connectivity index (χ1) is 15.7. The average molecular weight is 461 g/mol. The van der Waals surface area contributed by atoms with E-state index in [2.05, 4.69) is 38.7 Å². The van der Waals surface area contributed by atoms with Gasteiger partial charge in [0.2, 0.25) is 0 Å². The van der Waals surface area contributed by atoms with E-state index in [-0.39, 0.29) is 16.5 Å². The lowest BCUT2D eigenvalue weighted by Gasteiger charge is -2.48. The smallest absolute Gasteiger partial charge is 0.346 e. The highest BCUT2D eigenvalue weighted by atomic mass is 32.1. The van der Waals surface area contributed by atoms with Gasteiger partial charge in [-0.1, -0.05) is 53.7 Å². The van der Waals surface area contributed by atoms with Crippen molar-refractivity contribution in [2.75, 3.05) is 18.0 Å². The molecule has 0 spiro atoms. The van der Waals surface area contributed by atoms with Gasteiger partial charge >= 0.3 is 5.63 Å². The standard InChI is InChI=1S/C26H26N2O2S.C2H6/c1-25(2)9-11-28-12-10-26(3,4)20-21(28)17(25)14-15-13-16(24(29)30-22(15)20)23-27-18-7-5-6-8-19(18)31-23;1-2/h5-8,13-14H,9-12H2,1-4H3;1-2H3. The summed E-state index contributed by atoms with van der Waals surface area (Å²) in [6.07, 6.45) is 2.19. The van der Waals surface area contributed by atoms with Crippen LogP contribution in [0.1, 0.15) is 65.5 Å². The summed E-state index contributed by atoms with van der Waals surface area (Å²) in [5.41, 5.74) is 5.85. The highest BCUT2D eigenvalue weighted by Gasteiger charge is 2.42. The van der Waals surface area contributed by atoms with E-state index in [1.54, 1.807) is 11.3 Å². The summed E-state index contributed by atoms with van der Waals surface area (Å²) >= 11 is 1.54. The Bertz CT molecular complexity index is 1390. The number of fused-ring (bicyclic) bond motifs is 3. The number of rotatable bonds is 1. The molecule has 2 aliphatic rings. The summed E-state index contributed by atoms with van der Waals surface area (Å²) in [4.78, 5) is 20.4. The molecule has 4 nitrogen and oxygen atoms in total. The summed E-state index contributed by atoms with van der Waals surface area (Å²) < 4.78 is 7.18. The molecule has 2 aromatic carbocycles. The number of aromatic nitrogens is 1. The van der Waals surface area contributed by atoms with Crippen molar-refractivity contribution < 1.29 is 4.42 Å². The van der Waals surface area contributed by atoms with E-state index < -0.39 is 0 Å². The summed E-state index contributed by atoms with van der Waals surface area (Å²) in [5, 5.41) is 1.73. The van der Waals surface area contributed by atoms with Crippen molar-refractivity contribution in [1.82, 2.24) is 4.98 Å². The molecule has 6 rings (SSSR count). The van der Waals surface area contributed by atoms with Gasteiger partial charge in [-0.2, -0.15) is 0 Å². The SMILES string of the molecule is CC.CC1(C)CCN2CCC(C)(C)c3c2c1cc1cc(-c2nc4ccccc4s2)c(=O)oc31. The van der Waals surface area contributed by atoms with Crippen LogP contribution >= 0.6 is 11.3 Å². The van der Waals surface area contributed by atoms with Gasteiger partial charge in [-0.3, -0.25) is 0 Å². The molecular weight excluding hydrogens is 428 g/mol. The van der Waals surface area contributed by atoms with Crippen molar-refractivity contribution in [2.24, 2.45) is 0 Å². The molecule has 5 heteroatoms. The minimum Gasteiger partial charge on any atom is -0.422 e. The predicted octanol–water partition coefficient (Wildman–Crippen LogP) is 7.26. The first kappa shape index (κ1) is 22.1. The fraction of sp³-hybridized carbons (Fsp3) is 0.429. The van der Waals surface area contributed by atoms with Gasteiger partial charge in [-0.05, 0) is 53.5 Å². The quantitative estimate of drug-likeness (QED) is 0.280. The normalized spacial score (nSPS) is 18.1. The number of hydrogen-bond acceptors (Lipinski definition) is 5. The van der Waals surface area contributed by atoms with Crippen LogP contribution in [0.5, 0.6) is 0 Å². The molecule has 0 atom stereocenters. The molecule has 172 valence electrons. The monoisotopic (exact) mass is 460 g/mol. The summed E-state index contributed by atoms with van der Waals surface area (Å²) in [6, 6.07) is 12.3. The molecule has 0 aliphatic carbocycles. The van der Waals surface area contributed by atoms with E-state index in [1.165, 1.54) is 16.8 Å². The van der Waals surface area contributed by atoms with E-state index in [9.17, 15) is 4.79 Å². The van der Waals surface area contributed by atoms with Crippen molar-refractivity contribution in [2.45, 2.75) is 65.2 Å². The second kappa shape index (κ2) is 7.69. The lowest BCUT2D eigenvalue weighted by molar-refractivity contribution is 0.398. The zero-order valence-corrected chi connectivity index (χ0v) is 21.2. The number of nitrogens with zero attached hydrogens (tertiary/aromatic N) is 2. The Labute approximate surface area is 199 Å². The number of para-hydroxylation sites is 1. The lowest BCUT2D eigenvalue weighted by Crippen LogP contribution is -2.44. The summed E-state index contributed by atoms with van der Waals surface area (Å²) in [6.45, 7) is 15.3. The van der Waals surface area contributed by atoms with Crippen LogP contribution in [0.3, 0.4) is 0 Å². The van der Waals surface area contributed by atoms with E-state index in [0.717, 1.165) is 52.1 Å². The molecule has 4 aromatic rings. The van der Waals surface area contributed by atoms with Crippen LogP contribution in [0.25, 0.3) is 31.8 Å². The van der Waals surface area contributed by atoms with E-state index in [4.69, 9.17) is 9.40 Å². The van der Waals surface area contributed by atoms with Crippen molar-refractivity contribution in [1.29, 1.82) is 0 Å². The summed E-state index contributed by atoms with van der Waals surface area (Å²) in [5.74, 6) is 0. The minimum atomic E-state index is -0.300. The third-order valence-corrected chi connectivity index (χ3v) is 8.33. The van der Waals surface area contributed by atoms with Gasteiger partial charge in [-0.15, -0.1) is 11.3 Å². The van der Waals surface area contributed by atoms with Crippen LogP contribution in [0.15, 0.2) is 45.6 Å². The van der Waals surface area contributed by atoms with Gasteiger partial charge in [0.1, 0.15) is 10.6 Å². The Morgan fingerprint density at radius 1 is 1.00 bits per heavy atom. The minimum absolute atomic E-state index is 0.0408. The van der Waals surface area contributed by atoms with Gasteiger partial charge in [0.05, 0.1) is 15.8 Å². The van der Waals surface area contributed by atoms with E-state index in [0.29, 0.717) is 5.56 Å². The Balaban J connectivity index is 0.00000111. The zero-order valence-electron chi connectivity index (χ0n) is 20.4. The molecule has 0 bridgehead atoms. The van der Waals surface area contributed by atoms with Crippen LogP contribution in [0.2, 0.25) is 0 Å². The van der Waals surface area contributed by atoms with Crippen LogP contribution < -0.4 is 10.5 Å². The van der Waals surface area contributed by atoms with Crippen molar-refractivity contribution in [3.05, 3.63) is 57.9 Å². The second-order valence-corrected chi connectivity index (χ2v) is 11.3. The fourth-order valence-electron chi connectivity index (χ4n) is 5.29. The first-order valence-corrected chi connectivity index (χ1v) is 12.8. The lowest BCUT2D eigenvalue weighted by atomic mass is 9.69. The highest BCUT2D eigenvalue weighted by molar-refractivity contribution is 7.21. The predicted molar refractivity (Wildman–Crippen MR) is 140 cm³/mol. The molecule has 0 N–H and O–H groups in total. The molecule has 2 aliphatic heterocycles. The van der Waals surface area contributed by atoms with Crippen LogP contribution in [0, 0.1) is 0 Å². The Morgan fingerprint density at radius 3 is 2.42 bits per heavy atom. The third kappa shape index (κ3) is 3.40. The molecule has 0 saturated heterocycles. The van der Waals surface area contributed by atoms with Crippen molar-refractivity contribution in [3.63, 3.8) is 0 Å². The van der Waals surface area contributed by atoms with E-state index in [1.807, 2.05) is 44.2 Å². The Hall–Kier alpha value is -2.66. The maximum atomic E-state index is 13.2. The fourth-order valence-corrected chi connectivity index (χ4v) is 6.26. The topological polar surface area (TPSA) is 46.3 Å². The van der Waals surface area contributed by atoms with Crippen LogP contribution in [0.4, 0.5) is 5.69 Å². The van der Waals surface area contributed by atoms with Crippen molar-refractivity contribution in [3.8, 4) is 10.6 Å². The van der Waals surface area contributed by atoms with Gasteiger partial charge < -0.3 is 9.32 Å². The highest BCUT2D eigenvalue weighted by Crippen LogP contribution is 2.51. The molecular formula is C28H32N2O2S. The third-order valence-electron chi connectivity index (χ3n) is 7.26. The largest absolute Gasteiger partial charge is 0.422 e. The molecule has 33 heavy (non-hydrogen) atoms. The number of hydrogen-bond donors (Lipinski definition) is 0.